The quantitative estimate of drug-likeness (QED) is 0.678. The molecule has 0 aliphatic rings. The first-order chi connectivity index (χ1) is 12.7. The Hall–Kier alpha value is -3.41. The van der Waals surface area contributed by atoms with E-state index in [-0.39, 0.29) is 0 Å². The monoisotopic (exact) mass is 349 g/mol. The van der Waals surface area contributed by atoms with E-state index in [1.54, 1.807) is 37.6 Å². The lowest BCUT2D eigenvalue weighted by atomic mass is 10.1. The zero-order chi connectivity index (χ0) is 18.2. The molecular weight excluding hydrogens is 330 g/mol. The number of carbonyl (C=O) groups is 1. The lowest BCUT2D eigenvalue weighted by molar-refractivity contribution is 0.209. The fourth-order valence-corrected chi connectivity index (χ4v) is 2.27. The molecule has 1 aromatic heterocycles. The van der Waals surface area contributed by atoms with Crippen molar-refractivity contribution in [3.63, 3.8) is 0 Å². The van der Waals surface area contributed by atoms with Gasteiger partial charge in [0.15, 0.2) is 0 Å². The number of aromatic nitrogens is 2. The number of benzene rings is 2. The van der Waals surface area contributed by atoms with Crippen LogP contribution in [0.1, 0.15) is 5.56 Å². The maximum atomic E-state index is 12.2. The molecule has 0 saturated carbocycles. The molecule has 0 atom stereocenters. The van der Waals surface area contributed by atoms with Gasteiger partial charge in [-0.1, -0.05) is 30.3 Å². The first-order valence-corrected chi connectivity index (χ1v) is 8.22. The van der Waals surface area contributed by atoms with E-state index >= 15 is 0 Å². The molecule has 1 amide bonds. The van der Waals surface area contributed by atoms with E-state index in [2.05, 4.69) is 9.97 Å². The van der Waals surface area contributed by atoms with E-state index in [0.717, 1.165) is 11.3 Å². The average molecular weight is 349 g/mol. The Kier molecular flexibility index (Phi) is 5.77. The molecule has 0 bridgehead atoms. The third-order valence-corrected chi connectivity index (χ3v) is 3.71. The SMILES string of the molecule is CN(C(=O)Oc1ccc(CCOc2ncccn2)cc1)c1ccccc1. The van der Waals surface area contributed by atoms with Crippen LogP contribution in [-0.2, 0) is 6.42 Å². The van der Waals surface area contributed by atoms with Crippen molar-refractivity contribution < 1.29 is 14.3 Å². The fraction of sp³-hybridized carbons (Fsp3) is 0.150. The molecule has 0 saturated heterocycles. The summed E-state index contributed by atoms with van der Waals surface area (Å²) >= 11 is 0. The second kappa shape index (κ2) is 8.62. The Labute approximate surface area is 152 Å². The van der Waals surface area contributed by atoms with Crippen molar-refractivity contribution >= 4 is 11.8 Å². The van der Waals surface area contributed by atoms with Crippen LogP contribution in [0.4, 0.5) is 10.5 Å². The Morgan fingerprint density at radius 2 is 1.65 bits per heavy atom. The molecule has 0 aliphatic heterocycles. The summed E-state index contributed by atoms with van der Waals surface area (Å²) in [6.45, 7) is 0.472. The van der Waals surface area contributed by atoms with E-state index in [0.29, 0.717) is 24.8 Å². The number of nitrogens with zero attached hydrogens (tertiary/aromatic N) is 3. The number of para-hydroxylation sites is 1. The van der Waals surface area contributed by atoms with Crippen molar-refractivity contribution in [2.24, 2.45) is 0 Å². The molecule has 26 heavy (non-hydrogen) atoms. The number of amides is 1. The highest BCUT2D eigenvalue weighted by atomic mass is 16.6. The summed E-state index contributed by atoms with van der Waals surface area (Å²) in [6, 6.07) is 18.8. The predicted octanol–water partition coefficient (Wildman–Crippen LogP) is 3.73. The maximum Gasteiger partial charge on any atom is 0.419 e. The van der Waals surface area contributed by atoms with Gasteiger partial charge in [0.1, 0.15) is 5.75 Å². The molecule has 0 fully saturated rings. The van der Waals surface area contributed by atoms with Crippen molar-refractivity contribution in [2.45, 2.75) is 6.42 Å². The molecule has 0 spiro atoms. The van der Waals surface area contributed by atoms with Crippen molar-refractivity contribution in [2.75, 3.05) is 18.6 Å². The van der Waals surface area contributed by atoms with Gasteiger partial charge in [0.05, 0.1) is 6.61 Å². The van der Waals surface area contributed by atoms with Gasteiger partial charge < -0.3 is 9.47 Å². The predicted molar refractivity (Wildman–Crippen MR) is 98.5 cm³/mol. The van der Waals surface area contributed by atoms with Crippen LogP contribution in [0.15, 0.2) is 73.1 Å². The van der Waals surface area contributed by atoms with Crippen LogP contribution in [0, 0.1) is 0 Å². The molecule has 0 radical (unpaired) electrons. The Morgan fingerprint density at radius 3 is 2.35 bits per heavy atom. The van der Waals surface area contributed by atoms with E-state index in [9.17, 15) is 4.79 Å². The van der Waals surface area contributed by atoms with Gasteiger partial charge in [-0.15, -0.1) is 0 Å². The summed E-state index contributed by atoms with van der Waals surface area (Å²) in [5.74, 6) is 0.494. The van der Waals surface area contributed by atoms with E-state index in [1.165, 1.54) is 4.90 Å². The zero-order valence-electron chi connectivity index (χ0n) is 14.4. The molecule has 0 unspecified atom stereocenters. The highest BCUT2D eigenvalue weighted by Gasteiger charge is 2.12. The lowest BCUT2D eigenvalue weighted by Crippen LogP contribution is -2.29. The van der Waals surface area contributed by atoms with Gasteiger partial charge in [0.25, 0.3) is 0 Å². The Bertz CT molecular complexity index is 824. The molecule has 3 aromatic rings. The first-order valence-electron chi connectivity index (χ1n) is 8.22. The number of rotatable bonds is 6. The second-order valence-electron chi connectivity index (χ2n) is 5.54. The van der Waals surface area contributed by atoms with Crippen LogP contribution < -0.4 is 14.4 Å². The molecule has 2 aromatic carbocycles. The van der Waals surface area contributed by atoms with Crippen molar-refractivity contribution in [1.82, 2.24) is 9.97 Å². The topological polar surface area (TPSA) is 64.6 Å². The standard InChI is InChI=1S/C20H19N3O3/c1-23(17-6-3-2-4-7-17)20(24)26-18-10-8-16(9-11-18)12-15-25-19-21-13-5-14-22-19/h2-11,13-14H,12,15H2,1H3. The van der Waals surface area contributed by atoms with Crippen molar-refractivity contribution in [1.29, 1.82) is 0 Å². The van der Waals surface area contributed by atoms with Crippen molar-refractivity contribution in [3.8, 4) is 11.8 Å². The summed E-state index contributed by atoms with van der Waals surface area (Å²) in [6.07, 6.45) is 3.54. The molecule has 6 nitrogen and oxygen atoms in total. The second-order valence-corrected chi connectivity index (χ2v) is 5.54. The molecule has 1 heterocycles. The molecule has 6 heteroatoms. The maximum absolute atomic E-state index is 12.2. The number of hydrogen-bond acceptors (Lipinski definition) is 5. The third kappa shape index (κ3) is 4.80. The van der Waals surface area contributed by atoms with Crippen LogP contribution in [0.2, 0.25) is 0 Å². The van der Waals surface area contributed by atoms with Gasteiger partial charge in [0, 0.05) is 31.5 Å². The molecule has 132 valence electrons. The highest BCUT2D eigenvalue weighted by Crippen LogP contribution is 2.17. The third-order valence-electron chi connectivity index (χ3n) is 3.71. The summed E-state index contributed by atoms with van der Waals surface area (Å²) in [5, 5.41) is 0. The number of carbonyl (C=O) groups excluding carboxylic acids is 1. The summed E-state index contributed by atoms with van der Waals surface area (Å²) < 4.78 is 10.9. The Balaban J connectivity index is 1.50. The molecular formula is C20H19N3O3. The van der Waals surface area contributed by atoms with Gasteiger partial charge in [-0.25, -0.2) is 14.8 Å². The lowest BCUT2D eigenvalue weighted by Gasteiger charge is -2.16. The number of anilines is 1. The van der Waals surface area contributed by atoms with E-state index in [1.807, 2.05) is 42.5 Å². The van der Waals surface area contributed by atoms with Crippen LogP contribution in [0.3, 0.4) is 0 Å². The van der Waals surface area contributed by atoms with Gasteiger partial charge in [-0.2, -0.15) is 0 Å². The largest absolute Gasteiger partial charge is 0.463 e. The van der Waals surface area contributed by atoms with Crippen molar-refractivity contribution in [3.05, 3.63) is 78.6 Å². The van der Waals surface area contributed by atoms with Crippen LogP contribution >= 0.6 is 0 Å². The Morgan fingerprint density at radius 1 is 0.962 bits per heavy atom. The summed E-state index contributed by atoms with van der Waals surface area (Å²) in [5.41, 5.74) is 1.84. The normalized spacial score (nSPS) is 10.2. The molecule has 0 aliphatic carbocycles. The van der Waals surface area contributed by atoms with Gasteiger partial charge in [-0.05, 0) is 35.9 Å². The minimum absolute atomic E-state index is 0.363. The van der Waals surface area contributed by atoms with Gasteiger partial charge in [-0.3, -0.25) is 4.90 Å². The van der Waals surface area contributed by atoms with E-state index < -0.39 is 6.09 Å². The van der Waals surface area contributed by atoms with Crippen LogP contribution in [0.5, 0.6) is 11.8 Å². The average Bonchev–Trinajstić information content (AvgIpc) is 2.70. The summed E-state index contributed by atoms with van der Waals surface area (Å²) in [7, 11) is 1.68. The van der Waals surface area contributed by atoms with E-state index in [4.69, 9.17) is 9.47 Å². The van der Waals surface area contributed by atoms with Gasteiger partial charge >= 0.3 is 12.1 Å². The smallest absolute Gasteiger partial charge is 0.419 e. The molecule has 3 rings (SSSR count). The molecule has 0 N–H and O–H groups in total. The fourth-order valence-electron chi connectivity index (χ4n) is 2.27. The van der Waals surface area contributed by atoms with Gasteiger partial charge in [0.2, 0.25) is 0 Å². The minimum atomic E-state index is -0.437. The number of ether oxygens (including phenoxy) is 2. The highest BCUT2D eigenvalue weighted by molar-refractivity contribution is 5.88. The first kappa shape index (κ1) is 17.4. The zero-order valence-corrected chi connectivity index (χ0v) is 14.4. The van der Waals surface area contributed by atoms with Crippen LogP contribution in [-0.4, -0.2) is 29.7 Å². The van der Waals surface area contributed by atoms with Crippen LogP contribution in [0.25, 0.3) is 0 Å². The number of hydrogen-bond donors (Lipinski definition) is 0. The minimum Gasteiger partial charge on any atom is -0.463 e. The summed E-state index contributed by atoms with van der Waals surface area (Å²) in [4.78, 5) is 21.7.